The van der Waals surface area contributed by atoms with Gasteiger partial charge in [-0.1, -0.05) is 42.5 Å². The summed E-state index contributed by atoms with van der Waals surface area (Å²) in [7, 11) is 0. The van der Waals surface area contributed by atoms with Gasteiger partial charge in [-0.3, -0.25) is 0 Å². The number of hydrogen-bond acceptors (Lipinski definition) is 2. The summed E-state index contributed by atoms with van der Waals surface area (Å²) in [5, 5.41) is 4.04. The third-order valence-corrected chi connectivity index (χ3v) is 6.30. The van der Waals surface area contributed by atoms with Crippen LogP contribution in [0.3, 0.4) is 0 Å². The summed E-state index contributed by atoms with van der Waals surface area (Å²) in [6.07, 6.45) is 6.97. The average Bonchev–Trinajstić information content (AvgIpc) is 2.73. The molecule has 0 aliphatic heterocycles. The standard InChI is InChI=1S/C24H21NS.ClH/c1-26-18-13-10-17(11-14-18)24-21-9-5-4-8-20(21)23-19-7-3-2-6-16(19)12-15-22(23)25-24;/h2-3,6-7,10-15H,4-5,8-9H2,1H3;1H. The summed E-state index contributed by atoms with van der Waals surface area (Å²) in [5.74, 6) is 0. The highest BCUT2D eigenvalue weighted by atomic mass is 35.5. The Hall–Kier alpha value is -2.03. The topological polar surface area (TPSA) is 12.9 Å². The van der Waals surface area contributed by atoms with Gasteiger partial charge in [-0.15, -0.1) is 24.2 Å². The molecule has 0 unspecified atom stereocenters. The number of aryl methyl sites for hydroxylation is 1. The van der Waals surface area contributed by atoms with Crippen LogP contribution in [-0.2, 0) is 12.8 Å². The molecule has 0 bridgehead atoms. The molecule has 1 heterocycles. The number of halogens is 1. The summed E-state index contributed by atoms with van der Waals surface area (Å²) in [4.78, 5) is 6.46. The molecule has 1 aliphatic rings. The number of pyridine rings is 1. The highest BCUT2D eigenvalue weighted by molar-refractivity contribution is 7.98. The first-order valence-electron chi connectivity index (χ1n) is 9.33. The first-order chi connectivity index (χ1) is 12.8. The van der Waals surface area contributed by atoms with E-state index >= 15 is 0 Å². The number of benzene rings is 3. The predicted molar refractivity (Wildman–Crippen MR) is 120 cm³/mol. The Morgan fingerprint density at radius 1 is 0.815 bits per heavy atom. The minimum atomic E-state index is 0. The Morgan fingerprint density at radius 3 is 2.33 bits per heavy atom. The fraction of sp³-hybridized carbons (Fsp3) is 0.208. The molecular weight excluding hydrogens is 370 g/mol. The van der Waals surface area contributed by atoms with E-state index in [1.54, 1.807) is 11.8 Å². The first-order valence-corrected chi connectivity index (χ1v) is 10.6. The van der Waals surface area contributed by atoms with Gasteiger partial charge in [0.15, 0.2) is 0 Å². The van der Waals surface area contributed by atoms with Gasteiger partial charge in [-0.25, -0.2) is 4.98 Å². The van der Waals surface area contributed by atoms with Crippen molar-refractivity contribution in [3.63, 3.8) is 0 Å². The lowest BCUT2D eigenvalue weighted by molar-refractivity contribution is 0.689. The van der Waals surface area contributed by atoms with E-state index in [9.17, 15) is 0 Å². The molecule has 0 amide bonds. The van der Waals surface area contributed by atoms with Gasteiger partial charge in [0.2, 0.25) is 0 Å². The van der Waals surface area contributed by atoms with Crippen LogP contribution in [0.5, 0.6) is 0 Å². The predicted octanol–water partition coefficient (Wildman–Crippen LogP) is 7.08. The van der Waals surface area contributed by atoms with Gasteiger partial charge in [-0.2, -0.15) is 0 Å². The largest absolute Gasteiger partial charge is 0.247 e. The fourth-order valence-corrected chi connectivity index (χ4v) is 4.70. The van der Waals surface area contributed by atoms with Gasteiger partial charge >= 0.3 is 0 Å². The fourth-order valence-electron chi connectivity index (χ4n) is 4.29. The maximum absolute atomic E-state index is 5.16. The molecule has 0 atom stereocenters. The van der Waals surface area contributed by atoms with Gasteiger partial charge in [0.25, 0.3) is 0 Å². The molecule has 4 aromatic rings. The van der Waals surface area contributed by atoms with E-state index in [4.69, 9.17) is 4.98 Å². The minimum Gasteiger partial charge on any atom is -0.247 e. The zero-order valence-electron chi connectivity index (χ0n) is 15.4. The van der Waals surface area contributed by atoms with Crippen LogP contribution in [0.15, 0.2) is 65.6 Å². The molecule has 0 spiro atoms. The number of nitrogens with zero attached hydrogens (tertiary/aromatic N) is 1. The Labute approximate surface area is 170 Å². The van der Waals surface area contributed by atoms with E-state index in [0.29, 0.717) is 0 Å². The summed E-state index contributed by atoms with van der Waals surface area (Å²) in [6, 6.07) is 22.0. The van der Waals surface area contributed by atoms with Gasteiger partial charge in [-0.05, 0) is 72.0 Å². The zero-order valence-corrected chi connectivity index (χ0v) is 17.0. The summed E-state index contributed by atoms with van der Waals surface area (Å²) < 4.78 is 0. The summed E-state index contributed by atoms with van der Waals surface area (Å²) in [5.41, 5.74) is 6.57. The van der Waals surface area contributed by atoms with E-state index in [1.165, 1.54) is 56.3 Å². The van der Waals surface area contributed by atoms with Crippen LogP contribution >= 0.6 is 24.2 Å². The molecule has 136 valence electrons. The van der Waals surface area contributed by atoms with Crippen LogP contribution in [0.1, 0.15) is 24.0 Å². The highest BCUT2D eigenvalue weighted by Gasteiger charge is 2.20. The number of aromatic nitrogens is 1. The smallest absolute Gasteiger partial charge is 0.0744 e. The molecule has 1 aromatic heterocycles. The molecule has 0 saturated carbocycles. The van der Waals surface area contributed by atoms with Crippen molar-refractivity contribution in [1.29, 1.82) is 0 Å². The minimum absolute atomic E-state index is 0. The van der Waals surface area contributed by atoms with Gasteiger partial charge in [0, 0.05) is 15.8 Å². The van der Waals surface area contributed by atoms with Crippen LogP contribution in [0.4, 0.5) is 0 Å². The third kappa shape index (κ3) is 3.11. The van der Waals surface area contributed by atoms with Crippen molar-refractivity contribution in [3.8, 4) is 11.3 Å². The quantitative estimate of drug-likeness (QED) is 0.267. The maximum Gasteiger partial charge on any atom is 0.0744 e. The van der Waals surface area contributed by atoms with Gasteiger partial charge in [0.05, 0.1) is 11.2 Å². The normalized spacial score (nSPS) is 13.4. The number of thioether (sulfide) groups is 1. The SMILES string of the molecule is CSc1ccc(-c2nc3ccc4ccccc4c3c3c2CCCC3)cc1.Cl. The maximum atomic E-state index is 5.16. The van der Waals surface area contributed by atoms with Crippen LogP contribution < -0.4 is 0 Å². The molecule has 3 aromatic carbocycles. The molecule has 27 heavy (non-hydrogen) atoms. The summed E-state index contributed by atoms with van der Waals surface area (Å²) in [6.45, 7) is 0. The lowest BCUT2D eigenvalue weighted by atomic mass is 9.85. The second kappa shape index (κ2) is 7.53. The van der Waals surface area contributed by atoms with E-state index in [-0.39, 0.29) is 12.4 Å². The Balaban J connectivity index is 0.00000180. The lowest BCUT2D eigenvalue weighted by Gasteiger charge is -2.22. The number of rotatable bonds is 2. The molecule has 0 saturated heterocycles. The van der Waals surface area contributed by atoms with Crippen molar-refractivity contribution in [2.24, 2.45) is 0 Å². The molecule has 0 fully saturated rings. The van der Waals surface area contributed by atoms with Crippen LogP contribution in [0, 0.1) is 0 Å². The van der Waals surface area contributed by atoms with Crippen LogP contribution in [-0.4, -0.2) is 11.2 Å². The molecular formula is C24H22ClNS. The van der Waals surface area contributed by atoms with Gasteiger partial charge < -0.3 is 0 Å². The second-order valence-corrected chi connectivity index (χ2v) is 7.91. The van der Waals surface area contributed by atoms with E-state index in [1.807, 2.05) is 0 Å². The molecule has 1 nitrogen and oxygen atoms in total. The molecule has 0 radical (unpaired) electrons. The second-order valence-electron chi connectivity index (χ2n) is 7.03. The van der Waals surface area contributed by atoms with E-state index in [0.717, 1.165) is 18.4 Å². The zero-order chi connectivity index (χ0) is 17.5. The highest BCUT2D eigenvalue weighted by Crippen LogP contribution is 2.38. The molecule has 3 heteroatoms. The average molecular weight is 392 g/mol. The molecule has 0 N–H and O–H groups in total. The number of hydrogen-bond donors (Lipinski definition) is 0. The van der Waals surface area contributed by atoms with Crippen molar-refractivity contribution in [1.82, 2.24) is 4.98 Å². The monoisotopic (exact) mass is 391 g/mol. The van der Waals surface area contributed by atoms with Crippen molar-refractivity contribution in [2.45, 2.75) is 30.6 Å². The Bertz CT molecular complexity index is 1120. The van der Waals surface area contributed by atoms with Crippen LogP contribution in [0.2, 0.25) is 0 Å². The van der Waals surface area contributed by atoms with Crippen molar-refractivity contribution in [2.75, 3.05) is 6.26 Å². The Kier molecular flexibility index (Phi) is 5.12. The third-order valence-electron chi connectivity index (χ3n) is 5.56. The van der Waals surface area contributed by atoms with Crippen LogP contribution in [0.25, 0.3) is 32.9 Å². The lowest BCUT2D eigenvalue weighted by Crippen LogP contribution is -2.08. The molecule has 5 rings (SSSR count). The van der Waals surface area contributed by atoms with E-state index < -0.39 is 0 Å². The first kappa shape index (κ1) is 18.3. The Morgan fingerprint density at radius 2 is 1.56 bits per heavy atom. The van der Waals surface area contributed by atoms with Crippen molar-refractivity contribution < 1.29 is 0 Å². The summed E-state index contributed by atoms with van der Waals surface area (Å²) >= 11 is 1.79. The van der Waals surface area contributed by atoms with Gasteiger partial charge in [0.1, 0.15) is 0 Å². The van der Waals surface area contributed by atoms with Crippen molar-refractivity contribution >= 4 is 45.8 Å². The van der Waals surface area contributed by atoms with Crippen molar-refractivity contribution in [3.05, 3.63) is 71.8 Å². The molecule has 1 aliphatic carbocycles. The van der Waals surface area contributed by atoms with E-state index in [2.05, 4.69) is 66.9 Å². The number of fused-ring (bicyclic) bond motifs is 5.